The monoisotopic (exact) mass is 346 g/mol. The van der Waals surface area contributed by atoms with Gasteiger partial charge in [0.2, 0.25) is 5.91 Å². The van der Waals surface area contributed by atoms with E-state index in [-0.39, 0.29) is 5.91 Å². The maximum atomic E-state index is 11.1. The molecule has 1 aromatic heterocycles. The Morgan fingerprint density at radius 1 is 1.15 bits per heavy atom. The zero-order chi connectivity index (χ0) is 14.1. The smallest absolute Gasteiger partial charge is 0.223 e. The lowest BCUT2D eigenvalue weighted by Crippen LogP contribution is -2.04. The van der Waals surface area contributed by atoms with E-state index in [1.54, 1.807) is 0 Å². The standard InChI is InChI=1S/C15H11BrN2OS/c1-9(19)17-15-18-13-8-11(4-7-14(13)20-15)10-2-5-12(16)6-3-10/h2-8H,1H3,(H,17,18,19). The fraction of sp³-hybridized carbons (Fsp3) is 0.0667. The number of amides is 1. The number of anilines is 1. The van der Waals surface area contributed by atoms with Crippen LogP contribution in [0.25, 0.3) is 21.3 Å². The number of thiazole rings is 1. The van der Waals surface area contributed by atoms with Crippen molar-refractivity contribution in [3.63, 3.8) is 0 Å². The van der Waals surface area contributed by atoms with E-state index in [1.165, 1.54) is 18.3 Å². The molecule has 1 heterocycles. The van der Waals surface area contributed by atoms with E-state index in [0.29, 0.717) is 5.13 Å². The summed E-state index contributed by atoms with van der Waals surface area (Å²) in [5.74, 6) is -0.0998. The molecule has 2 aromatic carbocycles. The van der Waals surface area contributed by atoms with Crippen LogP contribution < -0.4 is 5.32 Å². The van der Waals surface area contributed by atoms with Gasteiger partial charge in [0.25, 0.3) is 0 Å². The Balaban J connectivity index is 2.01. The van der Waals surface area contributed by atoms with E-state index in [1.807, 2.05) is 24.3 Å². The summed E-state index contributed by atoms with van der Waals surface area (Å²) in [4.78, 5) is 15.5. The fourth-order valence-corrected chi connectivity index (χ4v) is 3.11. The number of hydrogen-bond acceptors (Lipinski definition) is 3. The zero-order valence-corrected chi connectivity index (χ0v) is 13.1. The van der Waals surface area contributed by atoms with Crippen LogP contribution >= 0.6 is 27.3 Å². The van der Waals surface area contributed by atoms with Crippen LogP contribution in [0.5, 0.6) is 0 Å². The maximum absolute atomic E-state index is 11.1. The minimum absolute atomic E-state index is 0.0998. The molecule has 3 aromatic rings. The van der Waals surface area contributed by atoms with Gasteiger partial charge in [-0.3, -0.25) is 4.79 Å². The molecule has 1 amide bonds. The van der Waals surface area contributed by atoms with E-state index < -0.39 is 0 Å². The van der Waals surface area contributed by atoms with E-state index in [0.717, 1.165) is 25.8 Å². The second-order valence-electron chi connectivity index (χ2n) is 4.39. The first-order chi connectivity index (χ1) is 9.61. The summed E-state index contributed by atoms with van der Waals surface area (Å²) in [6.45, 7) is 1.49. The summed E-state index contributed by atoms with van der Waals surface area (Å²) < 4.78 is 2.12. The summed E-state index contributed by atoms with van der Waals surface area (Å²) in [5, 5.41) is 3.36. The minimum atomic E-state index is -0.0998. The van der Waals surface area contributed by atoms with Crippen molar-refractivity contribution in [1.29, 1.82) is 0 Å². The number of halogens is 1. The number of carbonyl (C=O) groups is 1. The molecule has 0 atom stereocenters. The molecule has 0 unspecified atom stereocenters. The Bertz CT molecular complexity index is 780. The molecule has 0 saturated carbocycles. The summed E-state index contributed by atoms with van der Waals surface area (Å²) in [6.07, 6.45) is 0. The molecule has 100 valence electrons. The number of nitrogens with one attached hydrogen (secondary N) is 1. The molecule has 0 bridgehead atoms. The van der Waals surface area contributed by atoms with Crippen LogP contribution in [0.1, 0.15) is 6.92 Å². The lowest BCUT2D eigenvalue weighted by Gasteiger charge is -2.01. The van der Waals surface area contributed by atoms with Crippen molar-refractivity contribution < 1.29 is 4.79 Å². The number of nitrogens with zero attached hydrogens (tertiary/aromatic N) is 1. The van der Waals surface area contributed by atoms with E-state index in [4.69, 9.17) is 0 Å². The van der Waals surface area contributed by atoms with Crippen molar-refractivity contribution in [2.45, 2.75) is 6.92 Å². The third kappa shape index (κ3) is 2.73. The quantitative estimate of drug-likeness (QED) is 0.731. The van der Waals surface area contributed by atoms with Gasteiger partial charge in [-0.15, -0.1) is 0 Å². The van der Waals surface area contributed by atoms with Crippen molar-refractivity contribution >= 4 is 48.5 Å². The normalized spacial score (nSPS) is 10.7. The topological polar surface area (TPSA) is 42.0 Å². The molecule has 0 spiro atoms. The van der Waals surface area contributed by atoms with Crippen LogP contribution in [0.2, 0.25) is 0 Å². The molecular weight excluding hydrogens is 336 g/mol. The highest BCUT2D eigenvalue weighted by molar-refractivity contribution is 9.10. The van der Waals surface area contributed by atoms with Gasteiger partial charge in [0.1, 0.15) is 0 Å². The predicted octanol–water partition coefficient (Wildman–Crippen LogP) is 4.68. The van der Waals surface area contributed by atoms with Crippen molar-refractivity contribution in [3.8, 4) is 11.1 Å². The summed E-state index contributed by atoms with van der Waals surface area (Å²) in [5.41, 5.74) is 3.16. The van der Waals surface area contributed by atoms with Crippen molar-refractivity contribution in [1.82, 2.24) is 4.98 Å². The first kappa shape index (κ1) is 13.3. The van der Waals surface area contributed by atoms with Gasteiger partial charge in [-0.2, -0.15) is 0 Å². The Labute approximate surface area is 128 Å². The Kier molecular flexibility index (Phi) is 3.54. The molecule has 0 aliphatic rings. The SMILES string of the molecule is CC(=O)Nc1nc2cc(-c3ccc(Br)cc3)ccc2s1. The zero-order valence-electron chi connectivity index (χ0n) is 10.7. The second-order valence-corrected chi connectivity index (χ2v) is 6.34. The van der Waals surface area contributed by atoms with Crippen molar-refractivity contribution in [2.24, 2.45) is 0 Å². The lowest BCUT2D eigenvalue weighted by atomic mass is 10.1. The average Bonchev–Trinajstić information content (AvgIpc) is 2.79. The Morgan fingerprint density at radius 2 is 1.85 bits per heavy atom. The van der Waals surface area contributed by atoms with Crippen molar-refractivity contribution in [2.75, 3.05) is 5.32 Å². The predicted molar refractivity (Wildman–Crippen MR) is 87.1 cm³/mol. The largest absolute Gasteiger partial charge is 0.302 e. The minimum Gasteiger partial charge on any atom is -0.302 e. The van der Waals surface area contributed by atoms with Crippen molar-refractivity contribution in [3.05, 3.63) is 46.9 Å². The van der Waals surface area contributed by atoms with Gasteiger partial charge >= 0.3 is 0 Å². The van der Waals surface area contributed by atoms with Crippen LogP contribution in [0, 0.1) is 0 Å². The molecular formula is C15H11BrN2OS. The fourth-order valence-electron chi connectivity index (χ4n) is 1.95. The first-order valence-corrected chi connectivity index (χ1v) is 7.67. The van der Waals surface area contributed by atoms with Crippen LogP contribution in [0.3, 0.4) is 0 Å². The van der Waals surface area contributed by atoms with Crippen LogP contribution in [-0.2, 0) is 4.79 Å². The lowest BCUT2D eigenvalue weighted by molar-refractivity contribution is -0.114. The number of carbonyl (C=O) groups excluding carboxylic acids is 1. The van der Waals surface area contributed by atoms with Gasteiger partial charge < -0.3 is 5.32 Å². The number of hydrogen-bond donors (Lipinski definition) is 1. The third-order valence-corrected chi connectivity index (χ3v) is 4.33. The summed E-state index contributed by atoms with van der Waals surface area (Å²) in [7, 11) is 0. The molecule has 5 heteroatoms. The first-order valence-electron chi connectivity index (χ1n) is 6.06. The Hall–Kier alpha value is -1.72. The highest BCUT2D eigenvalue weighted by atomic mass is 79.9. The molecule has 3 nitrogen and oxygen atoms in total. The molecule has 3 rings (SSSR count). The van der Waals surface area contributed by atoms with Gasteiger partial charge in [-0.05, 0) is 35.4 Å². The molecule has 0 aliphatic carbocycles. The highest BCUT2D eigenvalue weighted by Crippen LogP contribution is 2.30. The van der Waals surface area contributed by atoms with Gasteiger partial charge in [-0.1, -0.05) is 45.5 Å². The van der Waals surface area contributed by atoms with Gasteiger partial charge in [0.15, 0.2) is 5.13 Å². The summed E-state index contributed by atoms with van der Waals surface area (Å²) in [6, 6.07) is 14.3. The van der Waals surface area contributed by atoms with Crippen LogP contribution in [-0.4, -0.2) is 10.9 Å². The number of rotatable bonds is 2. The number of fused-ring (bicyclic) bond motifs is 1. The second kappa shape index (κ2) is 5.34. The highest BCUT2D eigenvalue weighted by Gasteiger charge is 2.06. The molecule has 0 fully saturated rings. The van der Waals surface area contributed by atoms with E-state index in [2.05, 4.69) is 44.4 Å². The van der Waals surface area contributed by atoms with E-state index in [9.17, 15) is 4.79 Å². The van der Waals surface area contributed by atoms with Crippen LogP contribution in [0.15, 0.2) is 46.9 Å². The third-order valence-electron chi connectivity index (χ3n) is 2.85. The van der Waals surface area contributed by atoms with Gasteiger partial charge in [0, 0.05) is 11.4 Å². The summed E-state index contributed by atoms with van der Waals surface area (Å²) >= 11 is 4.91. The molecule has 1 N–H and O–H groups in total. The number of benzene rings is 2. The average molecular weight is 347 g/mol. The van der Waals surface area contributed by atoms with Gasteiger partial charge in [-0.25, -0.2) is 4.98 Å². The molecule has 0 saturated heterocycles. The number of aromatic nitrogens is 1. The van der Waals surface area contributed by atoms with Gasteiger partial charge in [0.05, 0.1) is 10.2 Å². The maximum Gasteiger partial charge on any atom is 0.223 e. The molecule has 0 aliphatic heterocycles. The molecule has 20 heavy (non-hydrogen) atoms. The van der Waals surface area contributed by atoms with Crippen LogP contribution in [0.4, 0.5) is 5.13 Å². The molecule has 0 radical (unpaired) electrons. The van der Waals surface area contributed by atoms with E-state index >= 15 is 0 Å². The Morgan fingerprint density at radius 3 is 2.55 bits per heavy atom.